The molecule has 304 valence electrons. The molecule has 0 aliphatic heterocycles. The Hall–Kier alpha value is -4.82. The number of halogens is 5. The third-order valence-corrected chi connectivity index (χ3v) is 7.58. The third-order valence-electron chi connectivity index (χ3n) is 6.03. The highest BCUT2D eigenvalue weighted by Gasteiger charge is 2.31. The first-order valence-corrected chi connectivity index (χ1v) is 18.9. The van der Waals surface area contributed by atoms with Crippen molar-refractivity contribution >= 4 is 66.1 Å². The number of nitrogens with zero attached hydrogens (tertiary/aromatic N) is 4. The van der Waals surface area contributed by atoms with Gasteiger partial charge in [-0.3, -0.25) is 19.5 Å². The number of nitrogens with two attached hydrogens (primary N) is 1. The number of aromatic nitrogens is 3. The molecular formula is C31H39Cl2F3N7O11P. The van der Waals surface area contributed by atoms with Crippen LogP contribution >= 0.6 is 30.6 Å². The molecule has 2 unspecified atom stereocenters. The zero-order chi connectivity index (χ0) is 42.1. The highest BCUT2D eigenvalue weighted by Crippen LogP contribution is 2.37. The number of hydrogen-bond donors (Lipinski definition) is 5. The van der Waals surface area contributed by atoms with Crippen molar-refractivity contribution in [1.82, 2.24) is 15.0 Å². The third kappa shape index (κ3) is 18.9. The van der Waals surface area contributed by atoms with E-state index < -0.39 is 65.8 Å². The number of carbonyl (C=O) groups excluding carboxylic acids is 2. The van der Waals surface area contributed by atoms with E-state index in [1.54, 1.807) is 0 Å². The molecule has 1 aromatic heterocycles. The highest BCUT2D eigenvalue weighted by atomic mass is 35.5. The quantitative estimate of drug-likeness (QED) is 0.0490. The number of hydrogen-bond acceptors (Lipinski definition) is 15. The van der Waals surface area contributed by atoms with Gasteiger partial charge in [0.2, 0.25) is 17.2 Å². The molecule has 2 atom stereocenters. The van der Waals surface area contributed by atoms with Crippen LogP contribution in [-0.2, 0) is 29.8 Å². The minimum atomic E-state index is -4.61. The van der Waals surface area contributed by atoms with Crippen molar-refractivity contribution in [1.29, 1.82) is 0 Å². The number of rotatable bonds is 15. The number of carboxylic acid groups (broad SMARTS) is 1. The maximum atomic E-state index is 12.7. The number of aliphatic carboxylic acids is 1. The molecule has 0 saturated carbocycles. The van der Waals surface area contributed by atoms with Gasteiger partial charge >= 0.3 is 24.1 Å². The molecule has 0 bridgehead atoms. The van der Waals surface area contributed by atoms with Crippen LogP contribution in [0.25, 0.3) is 0 Å². The van der Waals surface area contributed by atoms with Crippen LogP contribution in [0, 0.1) is 10.1 Å². The number of esters is 2. The lowest BCUT2D eigenvalue weighted by atomic mass is 10.1. The van der Waals surface area contributed by atoms with E-state index in [9.17, 15) is 42.2 Å². The van der Waals surface area contributed by atoms with Gasteiger partial charge in [0, 0.05) is 37.5 Å². The lowest BCUT2D eigenvalue weighted by Crippen LogP contribution is -2.30. The summed E-state index contributed by atoms with van der Waals surface area (Å²) in [7, 11) is -3.10. The highest BCUT2D eigenvalue weighted by molar-refractivity contribution is 7.57. The average Bonchev–Trinajstić information content (AvgIpc) is 3.06. The van der Waals surface area contributed by atoms with Gasteiger partial charge in [-0.2, -0.15) is 28.1 Å². The number of benzene rings is 2. The normalized spacial score (nSPS) is 12.4. The molecule has 0 spiro atoms. The standard InChI is InChI=1S/C18H13ClF3NO7.C8H14ClN5.C5H12NO4P/c1-2-28-16(24)9-29-17(25)12-8-11(4-5-14(12)23(26)27)30-15-6-3-10(7-13(15)19)18(20,21)22;1-4-10-7-12-6(9)13-8(14-7)11-5(2)3;1-11(9,10)3-2-4(6)5(7)8/h3-8H,2,9H2,1H3;5H,4H2,1-3H3,(H2,10,11,12,13,14);4H,2-3,6H2,1H3,(H,7,8)(H,9,10). The van der Waals surface area contributed by atoms with Gasteiger partial charge in [0.1, 0.15) is 23.1 Å². The van der Waals surface area contributed by atoms with Gasteiger partial charge in [-0.05, 0) is 70.0 Å². The van der Waals surface area contributed by atoms with E-state index >= 15 is 0 Å². The van der Waals surface area contributed by atoms with Crippen molar-refractivity contribution < 1.29 is 61.3 Å². The van der Waals surface area contributed by atoms with Crippen molar-refractivity contribution in [2.45, 2.75) is 52.4 Å². The predicted octanol–water partition coefficient (Wildman–Crippen LogP) is 6.24. The lowest BCUT2D eigenvalue weighted by Gasteiger charge is -2.12. The predicted molar refractivity (Wildman–Crippen MR) is 195 cm³/mol. The Balaban J connectivity index is 0.000000497. The molecular weight excluding hydrogens is 805 g/mol. The molecule has 0 fully saturated rings. The fourth-order valence-corrected chi connectivity index (χ4v) is 4.74. The summed E-state index contributed by atoms with van der Waals surface area (Å²) in [6, 6.07) is 4.59. The Morgan fingerprint density at radius 2 is 1.69 bits per heavy atom. The largest absolute Gasteiger partial charge is 0.480 e. The molecule has 55 heavy (non-hydrogen) atoms. The zero-order valence-corrected chi connectivity index (χ0v) is 32.3. The van der Waals surface area contributed by atoms with Gasteiger partial charge in [-0.15, -0.1) is 0 Å². The molecule has 24 heteroatoms. The van der Waals surface area contributed by atoms with Gasteiger partial charge < -0.3 is 40.6 Å². The number of anilines is 2. The number of nitro groups is 1. The van der Waals surface area contributed by atoms with Crippen LogP contribution in [0.4, 0.5) is 30.8 Å². The van der Waals surface area contributed by atoms with Crippen molar-refractivity contribution in [2.75, 3.05) is 43.2 Å². The van der Waals surface area contributed by atoms with Gasteiger partial charge in [0.25, 0.3) is 5.69 Å². The second kappa shape index (κ2) is 22.5. The van der Waals surface area contributed by atoms with Crippen LogP contribution in [-0.4, -0.2) is 92.5 Å². The van der Waals surface area contributed by atoms with Crippen LogP contribution in [0.15, 0.2) is 36.4 Å². The second-order valence-corrected chi connectivity index (χ2v) is 14.4. The Morgan fingerprint density at radius 3 is 2.20 bits per heavy atom. The molecule has 2 aromatic carbocycles. The smallest absolute Gasteiger partial charge is 0.416 e. The number of nitro benzene ring substituents is 1. The zero-order valence-electron chi connectivity index (χ0n) is 29.9. The van der Waals surface area contributed by atoms with Crippen LogP contribution in [0.3, 0.4) is 0 Å². The van der Waals surface area contributed by atoms with E-state index in [-0.39, 0.29) is 47.0 Å². The maximum absolute atomic E-state index is 12.7. The second-order valence-electron chi connectivity index (χ2n) is 11.2. The SMILES string of the molecule is CCNc1nc(Cl)nc(NC(C)C)n1.CCOC(=O)COC(=O)c1cc(Oc2ccc(C(F)(F)F)cc2Cl)ccc1[N+](=O)[O-].CP(=O)(O)CCC(N)C(=O)O. The Bertz CT molecular complexity index is 1840. The van der Waals surface area contributed by atoms with Gasteiger partial charge in [-0.1, -0.05) is 11.6 Å². The molecule has 6 N–H and O–H groups in total. The minimum absolute atomic E-state index is 0.0412. The number of ether oxygens (including phenoxy) is 3. The van der Waals surface area contributed by atoms with E-state index in [1.807, 2.05) is 20.8 Å². The van der Waals surface area contributed by atoms with Crippen LogP contribution < -0.4 is 21.1 Å². The van der Waals surface area contributed by atoms with Gasteiger partial charge in [0.15, 0.2) is 14.0 Å². The molecule has 0 aliphatic carbocycles. The topological polar surface area (TPSA) is 268 Å². The molecule has 1 heterocycles. The molecule has 0 radical (unpaired) electrons. The number of carbonyl (C=O) groups is 3. The first kappa shape index (κ1) is 48.2. The number of nitrogens with one attached hydrogen (secondary N) is 2. The summed E-state index contributed by atoms with van der Waals surface area (Å²) in [6.45, 7) is 8.73. The molecule has 18 nitrogen and oxygen atoms in total. The Kier molecular flexibility index (Phi) is 19.7. The van der Waals surface area contributed by atoms with Gasteiger partial charge in [0.05, 0.1) is 22.1 Å². The summed E-state index contributed by atoms with van der Waals surface area (Å²) in [5, 5.41) is 25.3. The fraction of sp³-hybridized carbons (Fsp3) is 0.419. The molecule has 0 saturated heterocycles. The first-order chi connectivity index (χ1) is 25.5. The molecule has 0 amide bonds. The summed E-state index contributed by atoms with van der Waals surface area (Å²) in [5.74, 6) is -2.50. The Morgan fingerprint density at radius 1 is 1.05 bits per heavy atom. The monoisotopic (exact) mass is 843 g/mol. The van der Waals surface area contributed by atoms with Crippen LogP contribution in [0.1, 0.15) is 50.0 Å². The van der Waals surface area contributed by atoms with Crippen molar-refractivity contribution in [3.63, 3.8) is 0 Å². The number of carboxylic acids is 1. The first-order valence-electron chi connectivity index (χ1n) is 15.8. The van der Waals surface area contributed by atoms with Crippen molar-refractivity contribution in [3.8, 4) is 11.5 Å². The lowest BCUT2D eigenvalue weighted by molar-refractivity contribution is -0.385. The van der Waals surface area contributed by atoms with Crippen molar-refractivity contribution in [3.05, 3.63) is 67.9 Å². The maximum Gasteiger partial charge on any atom is 0.416 e. The van der Waals surface area contributed by atoms with Crippen LogP contribution in [0.2, 0.25) is 10.3 Å². The minimum Gasteiger partial charge on any atom is -0.480 e. The average molecular weight is 845 g/mol. The summed E-state index contributed by atoms with van der Waals surface area (Å²) < 4.78 is 63.4. The molecule has 3 rings (SSSR count). The summed E-state index contributed by atoms with van der Waals surface area (Å²) in [6.07, 6.45) is -4.61. The molecule has 0 aliphatic rings. The van der Waals surface area contributed by atoms with E-state index in [0.29, 0.717) is 18.0 Å². The van der Waals surface area contributed by atoms with Crippen LogP contribution in [0.5, 0.6) is 11.5 Å². The molecule has 3 aromatic rings. The van der Waals surface area contributed by atoms with E-state index in [0.717, 1.165) is 36.9 Å². The fourth-order valence-electron chi connectivity index (χ4n) is 3.61. The number of alkyl halides is 3. The summed E-state index contributed by atoms with van der Waals surface area (Å²) >= 11 is 11.5. The summed E-state index contributed by atoms with van der Waals surface area (Å²) in [4.78, 5) is 64.6. The van der Waals surface area contributed by atoms with E-state index in [1.165, 1.54) is 13.6 Å². The van der Waals surface area contributed by atoms with Gasteiger partial charge in [-0.25, -0.2) is 9.59 Å². The van der Waals surface area contributed by atoms with E-state index in [2.05, 4.69) is 30.3 Å². The van der Waals surface area contributed by atoms with Crippen molar-refractivity contribution in [2.24, 2.45) is 5.73 Å². The Labute approximate surface area is 322 Å². The summed E-state index contributed by atoms with van der Waals surface area (Å²) in [5.41, 5.74) is 2.93. The van der Waals surface area contributed by atoms with E-state index in [4.69, 9.17) is 48.4 Å².